The zero-order chi connectivity index (χ0) is 10.4. The lowest BCUT2D eigenvalue weighted by Gasteiger charge is -2.37. The van der Waals surface area contributed by atoms with E-state index in [1.165, 1.54) is 11.1 Å². The molecule has 0 N–H and O–H groups in total. The molecule has 0 atom stereocenters. The van der Waals surface area contributed by atoms with E-state index in [1.807, 2.05) is 6.33 Å². The smallest absolute Gasteiger partial charge is 0.0961 e. The van der Waals surface area contributed by atoms with Gasteiger partial charge in [-0.25, -0.2) is 4.98 Å². The highest BCUT2D eigenvalue weighted by atomic mass is 15.3. The lowest BCUT2D eigenvalue weighted by atomic mass is 10.1. The van der Waals surface area contributed by atoms with E-state index < -0.39 is 0 Å². The van der Waals surface area contributed by atoms with Crippen LogP contribution in [0.15, 0.2) is 24.5 Å². The van der Waals surface area contributed by atoms with Crippen LogP contribution in [-0.4, -0.2) is 34.6 Å². The number of likely N-dealkylation sites (N-methyl/N-ethyl adjacent to an activating group) is 1. The predicted octanol–water partition coefficient (Wildman–Crippen LogP) is 1.83. The molecule has 1 aromatic carbocycles. The largest absolute Gasteiger partial charge is 0.325 e. The summed E-state index contributed by atoms with van der Waals surface area (Å²) in [5.41, 5.74) is 3.68. The zero-order valence-corrected chi connectivity index (χ0v) is 9.14. The number of hydrogen-bond acceptors (Lipinski definition) is 2. The lowest BCUT2D eigenvalue weighted by Crippen LogP contribution is -2.44. The molecule has 0 amide bonds. The van der Waals surface area contributed by atoms with Crippen LogP contribution in [-0.2, 0) is 0 Å². The molecule has 0 saturated carbocycles. The Morgan fingerprint density at radius 1 is 1.33 bits per heavy atom. The summed E-state index contributed by atoms with van der Waals surface area (Å²) in [6.07, 6.45) is 1.97. The van der Waals surface area contributed by atoms with E-state index >= 15 is 0 Å². The van der Waals surface area contributed by atoms with Crippen molar-refractivity contribution in [3.05, 3.63) is 30.1 Å². The van der Waals surface area contributed by atoms with Crippen molar-refractivity contribution in [3.8, 4) is 0 Å². The number of imidazole rings is 1. The molecule has 3 heteroatoms. The Bertz CT molecular complexity index is 495. The topological polar surface area (TPSA) is 21.1 Å². The van der Waals surface area contributed by atoms with Crippen molar-refractivity contribution < 1.29 is 0 Å². The molecular formula is C12H15N3. The second-order valence-electron chi connectivity index (χ2n) is 4.52. The van der Waals surface area contributed by atoms with Crippen molar-refractivity contribution in [2.24, 2.45) is 0 Å². The van der Waals surface area contributed by atoms with Crippen LogP contribution in [0.25, 0.3) is 11.0 Å². The van der Waals surface area contributed by atoms with Gasteiger partial charge in [-0.1, -0.05) is 6.07 Å². The second-order valence-corrected chi connectivity index (χ2v) is 4.52. The Morgan fingerprint density at radius 2 is 2.13 bits per heavy atom. The van der Waals surface area contributed by atoms with Gasteiger partial charge in [-0.05, 0) is 31.7 Å². The van der Waals surface area contributed by atoms with Gasteiger partial charge >= 0.3 is 0 Å². The number of aryl methyl sites for hydroxylation is 1. The lowest BCUT2D eigenvalue weighted by molar-refractivity contribution is 0.143. The Morgan fingerprint density at radius 3 is 2.87 bits per heavy atom. The van der Waals surface area contributed by atoms with Gasteiger partial charge in [-0.2, -0.15) is 0 Å². The van der Waals surface area contributed by atoms with Crippen molar-refractivity contribution in [2.45, 2.75) is 13.0 Å². The third-order valence-electron chi connectivity index (χ3n) is 3.17. The van der Waals surface area contributed by atoms with Crippen LogP contribution in [0.3, 0.4) is 0 Å². The van der Waals surface area contributed by atoms with E-state index in [0.29, 0.717) is 6.04 Å². The Hall–Kier alpha value is -1.35. The summed E-state index contributed by atoms with van der Waals surface area (Å²) in [4.78, 5) is 6.76. The number of likely N-dealkylation sites (tertiary alicyclic amines) is 1. The highest BCUT2D eigenvalue weighted by Crippen LogP contribution is 2.24. The summed E-state index contributed by atoms with van der Waals surface area (Å²) in [5.74, 6) is 0. The minimum absolute atomic E-state index is 0.613. The van der Waals surface area contributed by atoms with E-state index in [4.69, 9.17) is 0 Å². The number of rotatable bonds is 1. The van der Waals surface area contributed by atoms with Gasteiger partial charge in [-0.15, -0.1) is 0 Å². The minimum atomic E-state index is 0.613. The van der Waals surface area contributed by atoms with Gasteiger partial charge < -0.3 is 9.47 Å². The summed E-state index contributed by atoms with van der Waals surface area (Å²) in [5, 5.41) is 0. The summed E-state index contributed by atoms with van der Waals surface area (Å²) in [7, 11) is 2.15. The molecule has 1 aliphatic rings. The van der Waals surface area contributed by atoms with Crippen LogP contribution in [0.1, 0.15) is 11.6 Å². The van der Waals surface area contributed by atoms with Crippen LogP contribution >= 0.6 is 0 Å². The molecule has 0 radical (unpaired) electrons. The third-order valence-corrected chi connectivity index (χ3v) is 3.17. The van der Waals surface area contributed by atoms with Gasteiger partial charge in [0, 0.05) is 13.1 Å². The van der Waals surface area contributed by atoms with Crippen molar-refractivity contribution >= 4 is 11.0 Å². The first kappa shape index (κ1) is 8.92. The van der Waals surface area contributed by atoms with Crippen LogP contribution in [0, 0.1) is 6.92 Å². The van der Waals surface area contributed by atoms with Gasteiger partial charge in [0.15, 0.2) is 0 Å². The fourth-order valence-corrected chi connectivity index (χ4v) is 2.27. The number of aromatic nitrogens is 2. The van der Waals surface area contributed by atoms with E-state index in [0.717, 1.165) is 18.6 Å². The summed E-state index contributed by atoms with van der Waals surface area (Å²) >= 11 is 0. The predicted molar refractivity (Wildman–Crippen MR) is 61.0 cm³/mol. The van der Waals surface area contributed by atoms with Gasteiger partial charge in [-0.3, -0.25) is 0 Å². The maximum absolute atomic E-state index is 4.43. The molecule has 2 aromatic rings. The zero-order valence-electron chi connectivity index (χ0n) is 9.14. The van der Waals surface area contributed by atoms with Crippen LogP contribution < -0.4 is 0 Å². The third kappa shape index (κ3) is 1.35. The Kier molecular flexibility index (Phi) is 1.83. The number of fused-ring (bicyclic) bond motifs is 1. The van der Waals surface area contributed by atoms with Crippen LogP contribution in [0.5, 0.6) is 0 Å². The SMILES string of the molecule is Cc1ccc2ncn(C3CN(C)C3)c2c1. The van der Waals surface area contributed by atoms with Crippen molar-refractivity contribution in [1.29, 1.82) is 0 Å². The molecule has 1 aromatic heterocycles. The van der Waals surface area contributed by atoms with Gasteiger partial charge in [0.05, 0.1) is 23.4 Å². The molecule has 0 aliphatic carbocycles. The van der Waals surface area contributed by atoms with Crippen molar-refractivity contribution in [3.63, 3.8) is 0 Å². The molecule has 1 fully saturated rings. The van der Waals surface area contributed by atoms with E-state index in [-0.39, 0.29) is 0 Å². The summed E-state index contributed by atoms with van der Waals surface area (Å²) in [6, 6.07) is 7.05. The number of nitrogens with zero attached hydrogens (tertiary/aromatic N) is 3. The Labute approximate surface area is 89.3 Å². The number of benzene rings is 1. The van der Waals surface area contributed by atoms with Crippen LogP contribution in [0.2, 0.25) is 0 Å². The van der Waals surface area contributed by atoms with Crippen molar-refractivity contribution in [2.75, 3.05) is 20.1 Å². The normalized spacial score (nSPS) is 18.3. The van der Waals surface area contributed by atoms with E-state index in [1.54, 1.807) is 0 Å². The standard InChI is InChI=1S/C12H15N3/c1-9-3-4-11-12(5-9)15(8-13-11)10-6-14(2)7-10/h3-5,8,10H,6-7H2,1-2H3. The average Bonchev–Trinajstić information content (AvgIpc) is 2.56. The molecule has 1 aliphatic heterocycles. The van der Waals surface area contributed by atoms with Gasteiger partial charge in [0.2, 0.25) is 0 Å². The highest BCUT2D eigenvalue weighted by Gasteiger charge is 2.25. The molecule has 0 spiro atoms. The maximum atomic E-state index is 4.43. The highest BCUT2D eigenvalue weighted by molar-refractivity contribution is 5.76. The van der Waals surface area contributed by atoms with E-state index in [2.05, 4.69) is 46.6 Å². The fourth-order valence-electron chi connectivity index (χ4n) is 2.27. The van der Waals surface area contributed by atoms with Gasteiger partial charge in [0.25, 0.3) is 0 Å². The molecule has 3 rings (SSSR count). The first-order valence-corrected chi connectivity index (χ1v) is 5.36. The molecule has 0 unspecified atom stereocenters. The second kappa shape index (κ2) is 3.07. The molecule has 78 valence electrons. The molecule has 2 heterocycles. The van der Waals surface area contributed by atoms with Gasteiger partial charge in [0.1, 0.15) is 0 Å². The molecule has 15 heavy (non-hydrogen) atoms. The van der Waals surface area contributed by atoms with E-state index in [9.17, 15) is 0 Å². The van der Waals surface area contributed by atoms with Crippen LogP contribution in [0.4, 0.5) is 0 Å². The first-order chi connectivity index (χ1) is 7.24. The average molecular weight is 201 g/mol. The summed E-state index contributed by atoms with van der Waals surface area (Å²) in [6.45, 7) is 4.41. The monoisotopic (exact) mass is 201 g/mol. The maximum Gasteiger partial charge on any atom is 0.0961 e. The van der Waals surface area contributed by atoms with Crippen molar-refractivity contribution in [1.82, 2.24) is 14.5 Å². The fraction of sp³-hybridized carbons (Fsp3) is 0.417. The first-order valence-electron chi connectivity index (χ1n) is 5.36. The Balaban J connectivity index is 2.07. The quantitative estimate of drug-likeness (QED) is 0.702. The summed E-state index contributed by atoms with van der Waals surface area (Å²) < 4.78 is 2.31. The molecule has 0 bridgehead atoms. The minimum Gasteiger partial charge on any atom is -0.325 e. The molecular weight excluding hydrogens is 186 g/mol. The number of hydrogen-bond donors (Lipinski definition) is 0. The molecule has 3 nitrogen and oxygen atoms in total. The molecule has 1 saturated heterocycles.